The van der Waals surface area contributed by atoms with E-state index in [4.69, 9.17) is 18.9 Å². The van der Waals surface area contributed by atoms with Crippen molar-refractivity contribution < 1.29 is 81.3 Å². The maximum atomic E-state index is 15.6. The Labute approximate surface area is 629 Å². The Morgan fingerprint density at radius 1 is 0.557 bits per heavy atom. The second-order valence-electron chi connectivity index (χ2n) is 30.8. The van der Waals surface area contributed by atoms with Gasteiger partial charge in [-0.1, -0.05) is 132 Å². The topological polar surface area (TPSA) is 333 Å². The predicted octanol–water partition coefficient (Wildman–Crippen LogP) is 4.87. The summed E-state index contributed by atoms with van der Waals surface area (Å²) in [5.41, 5.74) is 0.808. The first-order valence-electron chi connectivity index (χ1n) is 37.5. The maximum Gasteiger partial charge on any atom is 0.410 e. The van der Waals surface area contributed by atoms with Gasteiger partial charge in [0.2, 0.25) is 65.0 Å². The van der Waals surface area contributed by atoms with E-state index in [1.54, 1.807) is 67.5 Å². The van der Waals surface area contributed by atoms with Crippen LogP contribution in [0.1, 0.15) is 162 Å². The van der Waals surface area contributed by atoms with Crippen LogP contribution in [0.2, 0.25) is 0 Å². The molecule has 1 aromatic carbocycles. The van der Waals surface area contributed by atoms with Gasteiger partial charge in [0.15, 0.2) is 0 Å². The SMILES string of the molecule is C/C=C/CC(C)[C@@H](OC(C)=O)[C@H]1C(=O)N[C@@H](CC)C(=O)N(C)[C@H](C)C(=O)N(C)[C@@H]([C@H](C)COCC2CN(C(=O)OCc3ccccc3)CCO2)C(=O)N[C@@H](C(C)C)C(=O)N(C)[C@@H](CC(C)C)C(=O)N[C@@H](C)C(=O)N[C@H](C)C(=O)N(C)[C@@H](CC(C)C)C(=O)N(C)[C@@H](CC(C)C)C(=O)N(C)[C@@H](C(C)C)C(=O)N1C. The average Bonchev–Trinajstić information content (AvgIpc) is 0.799. The fourth-order valence-corrected chi connectivity index (χ4v) is 13.4. The van der Waals surface area contributed by atoms with E-state index < -0.39 is 179 Å². The van der Waals surface area contributed by atoms with Gasteiger partial charge < -0.3 is 79.4 Å². The Balaban J connectivity index is 2.35. The molecule has 0 spiro atoms. The molecular weight excluding hydrogens is 1360 g/mol. The van der Waals surface area contributed by atoms with Crippen LogP contribution in [-0.4, -0.2) is 277 Å². The fraction of sp³-hybridized carbons (Fsp3) is 0.727. The van der Waals surface area contributed by atoms with E-state index in [0.29, 0.717) is 0 Å². The molecule has 1 aromatic rings. The number of benzene rings is 1. The molecule has 3 rings (SSSR count). The monoisotopic (exact) mass is 1490 g/mol. The van der Waals surface area contributed by atoms with Gasteiger partial charge in [-0.2, -0.15) is 0 Å². The van der Waals surface area contributed by atoms with Crippen molar-refractivity contribution in [3.05, 3.63) is 48.0 Å². The Bertz CT molecular complexity index is 3170. The van der Waals surface area contributed by atoms with E-state index in [1.807, 2.05) is 71.9 Å². The molecule has 29 heteroatoms. The minimum absolute atomic E-state index is 0.0591. The summed E-state index contributed by atoms with van der Waals surface area (Å²) < 4.78 is 23.8. The number of esters is 1. The van der Waals surface area contributed by atoms with E-state index >= 15 is 38.4 Å². The summed E-state index contributed by atoms with van der Waals surface area (Å²) in [6.07, 6.45) is 1.55. The van der Waals surface area contributed by atoms with Gasteiger partial charge in [0.25, 0.3) is 0 Å². The highest BCUT2D eigenvalue weighted by atomic mass is 16.6. The molecule has 106 heavy (non-hydrogen) atoms. The van der Waals surface area contributed by atoms with Crippen molar-refractivity contribution in [2.75, 3.05) is 82.2 Å². The highest BCUT2D eigenvalue weighted by Crippen LogP contribution is 2.28. The minimum Gasteiger partial charge on any atom is -0.459 e. The molecule has 15 atom stereocenters. The van der Waals surface area contributed by atoms with Gasteiger partial charge >= 0.3 is 12.1 Å². The van der Waals surface area contributed by atoms with Crippen LogP contribution in [0.5, 0.6) is 0 Å². The van der Waals surface area contributed by atoms with E-state index in [-0.39, 0.29) is 89.4 Å². The van der Waals surface area contributed by atoms with Gasteiger partial charge in [0, 0.05) is 68.7 Å². The molecule has 0 bridgehead atoms. The number of hydrogen-bond acceptors (Lipinski definition) is 17. The number of nitrogens with one attached hydrogen (secondary N) is 4. The first-order chi connectivity index (χ1) is 49.5. The van der Waals surface area contributed by atoms with E-state index in [2.05, 4.69) is 21.3 Å². The molecule has 2 aliphatic heterocycles. The highest BCUT2D eigenvalue weighted by molar-refractivity contribution is 6.00. The summed E-state index contributed by atoms with van der Waals surface area (Å²) in [5, 5.41) is 11.1. The summed E-state index contributed by atoms with van der Waals surface area (Å²) in [6.45, 7) is 30.5. The van der Waals surface area contributed by atoms with Crippen molar-refractivity contribution in [3.8, 4) is 0 Å². The van der Waals surface area contributed by atoms with Crippen molar-refractivity contribution in [1.82, 2.24) is 60.5 Å². The van der Waals surface area contributed by atoms with Crippen LogP contribution < -0.4 is 21.3 Å². The summed E-state index contributed by atoms with van der Waals surface area (Å²) in [6, 6.07) is -5.52. The third-order valence-corrected chi connectivity index (χ3v) is 19.9. The number of nitrogens with zero attached hydrogens (tertiary/aromatic N) is 8. The van der Waals surface area contributed by atoms with Crippen LogP contribution >= 0.6 is 0 Å². The normalized spacial score (nSPS) is 26.3. The zero-order chi connectivity index (χ0) is 80.6. The first kappa shape index (κ1) is 92.0. The number of allylic oxidation sites excluding steroid dienone is 2. The molecule has 12 amide bonds. The zero-order valence-corrected chi connectivity index (χ0v) is 67.9. The molecule has 2 aliphatic rings. The maximum absolute atomic E-state index is 15.6. The first-order valence-corrected chi connectivity index (χ1v) is 37.5. The summed E-state index contributed by atoms with van der Waals surface area (Å²) >= 11 is 0. The Hall–Kier alpha value is -8.21. The third-order valence-electron chi connectivity index (χ3n) is 19.9. The molecule has 2 heterocycles. The summed E-state index contributed by atoms with van der Waals surface area (Å²) in [4.78, 5) is 202. The lowest BCUT2D eigenvalue weighted by Crippen LogP contribution is -2.64. The van der Waals surface area contributed by atoms with Gasteiger partial charge in [0.05, 0.1) is 32.5 Å². The average molecular weight is 1490 g/mol. The quantitative estimate of drug-likeness (QED) is 0.0942. The second kappa shape index (κ2) is 43.0. The van der Waals surface area contributed by atoms with E-state index in [9.17, 15) is 24.0 Å². The molecule has 2 saturated heterocycles. The smallest absolute Gasteiger partial charge is 0.410 e. The van der Waals surface area contributed by atoms with Crippen molar-refractivity contribution in [2.24, 2.45) is 41.4 Å². The lowest BCUT2D eigenvalue weighted by Gasteiger charge is -2.42. The number of ether oxygens (including phenoxy) is 4. The van der Waals surface area contributed by atoms with Crippen molar-refractivity contribution in [3.63, 3.8) is 0 Å². The molecule has 2 unspecified atom stereocenters. The number of likely N-dealkylation sites (N-methyl/N-ethyl adjacent to an activating group) is 7. The van der Waals surface area contributed by atoms with E-state index in [1.165, 1.54) is 94.6 Å². The third kappa shape index (κ3) is 25.8. The predicted molar refractivity (Wildman–Crippen MR) is 401 cm³/mol. The number of carbonyl (C=O) groups is 13. The lowest BCUT2D eigenvalue weighted by atomic mass is 9.91. The van der Waals surface area contributed by atoms with Gasteiger partial charge in [-0.15, -0.1) is 0 Å². The molecule has 0 saturated carbocycles. The molecule has 0 aliphatic carbocycles. The van der Waals surface area contributed by atoms with Crippen LogP contribution in [0.3, 0.4) is 0 Å². The molecule has 4 N–H and O–H groups in total. The number of amides is 12. The second-order valence-corrected chi connectivity index (χ2v) is 30.8. The van der Waals surface area contributed by atoms with Gasteiger partial charge in [-0.25, -0.2) is 4.79 Å². The Morgan fingerprint density at radius 2 is 1.07 bits per heavy atom. The number of hydrogen-bond donors (Lipinski definition) is 4. The number of carbonyl (C=O) groups excluding carboxylic acids is 13. The Kier molecular flexibility index (Phi) is 37.3. The molecule has 0 aromatic heterocycles. The standard InChI is InChI=1S/C77H128N12O17/c1-26-28-32-49(13)65(106-54(18)90)64-69(94)80-57(27-2)72(97)82(19)53(17)71(96)87(24)63(50(14)41-103-43-56-40-89(35-36-104-56)77(102)105-42-55-33-30-29-31-34-55)68(93)81-61(47(9)10)75(100)83(20)58(37-44(3)4)67(92)78-51(15)66(91)79-52(16)70(95)84(21)59(38-45(5)6)73(98)85(22)60(39-46(7)8)74(99)86(23)62(48(11)12)76(101)88(64)25/h26,28-31,33-34,44-53,56-65H,27,32,35-43H2,1-25H3,(H,78,92)(H,79,91)(H,80,94)(H,81,93)/b28-26+/t49?,50-,51+,52-,53-,56?,57+,58+,59+,60+,61+,62+,63+,64+,65-/m1/s1. The van der Waals surface area contributed by atoms with Crippen LogP contribution in [0.15, 0.2) is 42.5 Å². The fourth-order valence-electron chi connectivity index (χ4n) is 13.4. The molecule has 598 valence electrons. The van der Waals surface area contributed by atoms with Crippen LogP contribution in [0.25, 0.3) is 0 Å². The molecule has 29 nitrogen and oxygen atoms in total. The lowest BCUT2D eigenvalue weighted by molar-refractivity contribution is -0.164. The number of rotatable bonds is 21. The van der Waals surface area contributed by atoms with Gasteiger partial charge in [-0.3, -0.25) is 57.5 Å². The minimum atomic E-state index is -1.67. The summed E-state index contributed by atoms with van der Waals surface area (Å²) in [7, 11) is 9.76. The molecule has 0 radical (unpaired) electrons. The van der Waals surface area contributed by atoms with Gasteiger partial charge in [-0.05, 0) is 101 Å². The summed E-state index contributed by atoms with van der Waals surface area (Å²) in [5.74, 6) is -12.4. The molecule has 2 fully saturated rings. The van der Waals surface area contributed by atoms with Crippen molar-refractivity contribution in [2.45, 2.75) is 242 Å². The highest BCUT2D eigenvalue weighted by Gasteiger charge is 2.48. The molecular formula is C77H128N12O17. The Morgan fingerprint density at radius 3 is 1.59 bits per heavy atom. The zero-order valence-electron chi connectivity index (χ0n) is 67.9. The number of morpholine rings is 1. The van der Waals surface area contributed by atoms with Crippen LogP contribution in [0, 0.1) is 41.4 Å². The van der Waals surface area contributed by atoms with E-state index in [0.717, 1.165) is 27.2 Å². The van der Waals surface area contributed by atoms with Crippen molar-refractivity contribution in [1.29, 1.82) is 0 Å². The van der Waals surface area contributed by atoms with Crippen LogP contribution in [0.4, 0.5) is 4.79 Å². The van der Waals surface area contributed by atoms with Crippen LogP contribution in [-0.2, 0) is 83.1 Å². The largest absolute Gasteiger partial charge is 0.459 e. The van der Waals surface area contributed by atoms with Gasteiger partial charge in [0.1, 0.15) is 79.2 Å². The van der Waals surface area contributed by atoms with Crippen molar-refractivity contribution >= 4 is 77.0 Å².